The number of ether oxygens (including phenoxy) is 1. The highest BCUT2D eigenvalue weighted by Crippen LogP contribution is 2.18. The highest BCUT2D eigenvalue weighted by atomic mass is 35.5. The molecule has 0 aliphatic carbocycles. The Hall–Kier alpha value is -2.74. The van der Waals surface area contributed by atoms with E-state index in [0.717, 1.165) is 18.9 Å². The second kappa shape index (κ2) is 7.89. The van der Waals surface area contributed by atoms with Crippen molar-refractivity contribution in [3.05, 3.63) is 47.6 Å². The van der Waals surface area contributed by atoms with E-state index in [1.807, 2.05) is 6.07 Å². The normalized spacial score (nSPS) is 13.4. The van der Waals surface area contributed by atoms with Crippen molar-refractivity contribution in [2.24, 2.45) is 0 Å². The van der Waals surface area contributed by atoms with E-state index < -0.39 is 5.97 Å². The minimum atomic E-state index is -0.408. The van der Waals surface area contributed by atoms with E-state index in [2.05, 4.69) is 29.7 Å². The van der Waals surface area contributed by atoms with E-state index in [4.69, 9.17) is 11.6 Å². The highest BCUT2D eigenvalue weighted by Gasteiger charge is 2.15. The Bertz CT molecular complexity index is 845. The van der Waals surface area contributed by atoms with E-state index in [1.54, 1.807) is 23.1 Å². The smallest absolute Gasteiger partial charge is 0.339 e. The number of carbonyl (C=O) groups excluding carboxylic acids is 1. The van der Waals surface area contributed by atoms with Crippen molar-refractivity contribution in [1.29, 1.82) is 0 Å². The molecule has 4 heterocycles. The van der Waals surface area contributed by atoms with Crippen molar-refractivity contribution in [2.75, 3.05) is 25.1 Å². The van der Waals surface area contributed by atoms with Gasteiger partial charge in [0, 0.05) is 25.5 Å². The maximum absolute atomic E-state index is 10.8. The van der Waals surface area contributed by atoms with Gasteiger partial charge in [0.15, 0.2) is 0 Å². The number of carbonyl (C=O) groups is 1. The van der Waals surface area contributed by atoms with Gasteiger partial charge in [-0.2, -0.15) is 14.6 Å². The molecule has 1 fully saturated rings. The Labute approximate surface area is 149 Å². The molecular formula is C16H17ClN6O2. The summed E-state index contributed by atoms with van der Waals surface area (Å²) in [5.41, 5.74) is 0.400. The zero-order valence-corrected chi connectivity index (χ0v) is 14.4. The summed E-state index contributed by atoms with van der Waals surface area (Å²) in [5.74, 6) is 1.37. The molecule has 3 aromatic rings. The number of methoxy groups -OCH3 is 1. The second-order valence-corrected chi connectivity index (χ2v) is 5.72. The summed E-state index contributed by atoms with van der Waals surface area (Å²) < 4.78 is 6.25. The molecule has 1 saturated heterocycles. The number of esters is 1. The molecule has 0 saturated carbocycles. The summed E-state index contributed by atoms with van der Waals surface area (Å²) in [6, 6.07) is 5.09. The summed E-state index contributed by atoms with van der Waals surface area (Å²) in [5, 5.41) is 4.52. The molecule has 0 unspecified atom stereocenters. The molecule has 0 bridgehead atoms. The first-order valence-corrected chi connectivity index (χ1v) is 8.16. The highest BCUT2D eigenvalue weighted by molar-refractivity contribution is 6.29. The van der Waals surface area contributed by atoms with Crippen molar-refractivity contribution in [3.63, 3.8) is 0 Å². The monoisotopic (exact) mass is 360 g/mol. The lowest BCUT2D eigenvalue weighted by molar-refractivity contribution is 0.0600. The first kappa shape index (κ1) is 17.1. The minimum absolute atomic E-state index is 0.359. The third-order valence-electron chi connectivity index (χ3n) is 3.74. The fourth-order valence-corrected chi connectivity index (χ4v) is 2.64. The van der Waals surface area contributed by atoms with Gasteiger partial charge in [0.05, 0.1) is 12.7 Å². The quantitative estimate of drug-likeness (QED) is 0.511. The number of rotatable bonds is 2. The first-order chi connectivity index (χ1) is 12.2. The van der Waals surface area contributed by atoms with Crippen LogP contribution in [-0.2, 0) is 4.74 Å². The van der Waals surface area contributed by atoms with Crippen LogP contribution in [0.15, 0.2) is 36.9 Å². The second-order valence-electron chi connectivity index (χ2n) is 5.33. The number of aromatic nitrogens is 5. The SMILES string of the molecule is COC(=O)c1ccc(Cl)nc1.c1cc(N2CCCC2)n2ncnc2n1. The zero-order chi connectivity index (χ0) is 17.6. The average Bonchev–Trinajstić information content (AvgIpc) is 3.33. The van der Waals surface area contributed by atoms with Crippen molar-refractivity contribution >= 4 is 29.2 Å². The fraction of sp³-hybridized carbons (Fsp3) is 0.312. The fourth-order valence-electron chi connectivity index (χ4n) is 2.53. The third kappa shape index (κ3) is 4.03. The number of fused-ring (bicyclic) bond motifs is 1. The van der Waals surface area contributed by atoms with Gasteiger partial charge in [-0.1, -0.05) is 11.6 Å². The van der Waals surface area contributed by atoms with Gasteiger partial charge in [-0.25, -0.2) is 14.8 Å². The van der Waals surface area contributed by atoms with Crippen LogP contribution in [0, 0.1) is 0 Å². The molecule has 9 heteroatoms. The predicted octanol–water partition coefficient (Wildman–Crippen LogP) is 2.25. The van der Waals surface area contributed by atoms with Crippen LogP contribution in [0.1, 0.15) is 23.2 Å². The van der Waals surface area contributed by atoms with Gasteiger partial charge < -0.3 is 9.64 Å². The number of hydrogen-bond acceptors (Lipinski definition) is 7. The molecule has 0 N–H and O–H groups in total. The Kier molecular flexibility index (Phi) is 5.39. The molecule has 25 heavy (non-hydrogen) atoms. The standard InChI is InChI=1S/C9H11N5.C7H6ClNO2/c1-2-6-13(5-1)8-3-4-10-9-11-7-12-14(8)9;1-11-7(10)5-2-3-6(8)9-4-5/h3-4,7H,1-2,5-6H2;2-4H,1H3. The molecule has 0 atom stereocenters. The number of anilines is 1. The largest absolute Gasteiger partial charge is 0.465 e. The van der Waals surface area contributed by atoms with Crippen molar-refractivity contribution in [3.8, 4) is 0 Å². The molecule has 1 aliphatic heterocycles. The van der Waals surface area contributed by atoms with Crippen LogP contribution >= 0.6 is 11.6 Å². The van der Waals surface area contributed by atoms with Crippen LogP contribution in [0.5, 0.6) is 0 Å². The zero-order valence-electron chi connectivity index (χ0n) is 13.7. The van der Waals surface area contributed by atoms with Crippen LogP contribution in [0.2, 0.25) is 5.15 Å². The van der Waals surface area contributed by atoms with Crippen LogP contribution in [0.25, 0.3) is 5.78 Å². The Morgan fingerprint density at radius 3 is 2.64 bits per heavy atom. The molecule has 0 radical (unpaired) electrons. The summed E-state index contributed by atoms with van der Waals surface area (Å²) in [4.78, 5) is 25.1. The molecule has 0 amide bonds. The van der Waals surface area contributed by atoms with Gasteiger partial charge in [-0.15, -0.1) is 0 Å². The molecule has 4 rings (SSSR count). The summed E-state index contributed by atoms with van der Waals surface area (Å²) in [6.45, 7) is 2.22. The van der Waals surface area contributed by atoms with E-state index in [0.29, 0.717) is 16.5 Å². The lowest BCUT2D eigenvalue weighted by Crippen LogP contribution is -2.21. The molecule has 1 aliphatic rings. The van der Waals surface area contributed by atoms with Gasteiger partial charge in [0.25, 0.3) is 5.78 Å². The minimum Gasteiger partial charge on any atom is -0.465 e. The van der Waals surface area contributed by atoms with Crippen molar-refractivity contribution < 1.29 is 9.53 Å². The Morgan fingerprint density at radius 2 is 1.96 bits per heavy atom. The molecule has 3 aromatic heterocycles. The molecular weight excluding hydrogens is 344 g/mol. The first-order valence-electron chi connectivity index (χ1n) is 7.78. The van der Waals surface area contributed by atoms with Gasteiger partial charge in [0.1, 0.15) is 17.3 Å². The lowest BCUT2D eigenvalue weighted by Gasteiger charge is -2.17. The molecule has 8 nitrogen and oxygen atoms in total. The van der Waals surface area contributed by atoms with E-state index >= 15 is 0 Å². The topological polar surface area (TPSA) is 85.5 Å². The summed E-state index contributed by atoms with van der Waals surface area (Å²) >= 11 is 5.50. The van der Waals surface area contributed by atoms with Gasteiger partial charge in [-0.05, 0) is 31.0 Å². The van der Waals surface area contributed by atoms with E-state index in [1.165, 1.54) is 32.2 Å². The van der Waals surface area contributed by atoms with Crippen molar-refractivity contribution in [1.82, 2.24) is 24.6 Å². The van der Waals surface area contributed by atoms with Gasteiger partial charge >= 0.3 is 5.97 Å². The number of hydrogen-bond donors (Lipinski definition) is 0. The van der Waals surface area contributed by atoms with Crippen LogP contribution in [0.4, 0.5) is 5.82 Å². The third-order valence-corrected chi connectivity index (χ3v) is 3.96. The average molecular weight is 361 g/mol. The molecule has 0 aromatic carbocycles. The van der Waals surface area contributed by atoms with Crippen LogP contribution in [0.3, 0.4) is 0 Å². The van der Waals surface area contributed by atoms with Gasteiger partial charge in [-0.3, -0.25) is 0 Å². The van der Waals surface area contributed by atoms with Gasteiger partial charge in [0.2, 0.25) is 0 Å². The van der Waals surface area contributed by atoms with E-state index in [-0.39, 0.29) is 0 Å². The summed E-state index contributed by atoms with van der Waals surface area (Å²) in [7, 11) is 1.32. The van der Waals surface area contributed by atoms with E-state index in [9.17, 15) is 4.79 Å². The number of nitrogens with zero attached hydrogens (tertiary/aromatic N) is 6. The predicted molar refractivity (Wildman–Crippen MR) is 92.8 cm³/mol. The maximum Gasteiger partial charge on any atom is 0.339 e. The van der Waals surface area contributed by atoms with Crippen molar-refractivity contribution in [2.45, 2.75) is 12.8 Å². The lowest BCUT2D eigenvalue weighted by atomic mass is 10.3. The van der Waals surface area contributed by atoms with Crippen LogP contribution in [-0.4, -0.2) is 50.7 Å². The van der Waals surface area contributed by atoms with Crippen LogP contribution < -0.4 is 4.90 Å². The number of halogens is 1. The summed E-state index contributed by atoms with van der Waals surface area (Å²) in [6.07, 6.45) is 7.23. The molecule has 0 spiro atoms. The molecule has 130 valence electrons. The Balaban J connectivity index is 0.000000151. The Morgan fingerprint density at radius 1 is 1.16 bits per heavy atom. The number of pyridine rings is 1. The maximum atomic E-state index is 10.8.